The number of carbonyl (C=O) groups is 1. The van der Waals surface area contributed by atoms with Gasteiger partial charge in [0.05, 0.1) is 10.5 Å². The third-order valence-electron chi connectivity index (χ3n) is 6.96. The summed E-state index contributed by atoms with van der Waals surface area (Å²) in [6.45, 7) is 1.65. The molecule has 0 atom stereocenters. The van der Waals surface area contributed by atoms with E-state index in [1.165, 1.54) is 42.5 Å². The smallest absolute Gasteiger partial charge is 0.344 e. The van der Waals surface area contributed by atoms with E-state index in [0.717, 1.165) is 18.7 Å². The SMILES string of the molecule is CN(CCN(C)C1CCCCC1)C(=O)C1CCN(S(=O)(=O)c2cccc(C(F)(F)F)c2)CC1. The Bertz CT molecular complexity index is 909. The number of piperidine rings is 1. The Morgan fingerprint density at radius 1 is 1.03 bits per heavy atom. The lowest BCUT2D eigenvalue weighted by atomic mass is 9.94. The lowest BCUT2D eigenvalue weighted by Gasteiger charge is -2.34. The summed E-state index contributed by atoms with van der Waals surface area (Å²) in [5.41, 5.74) is -0.992. The van der Waals surface area contributed by atoms with Crippen LogP contribution in [0.2, 0.25) is 0 Å². The summed E-state index contributed by atoms with van der Waals surface area (Å²) in [5, 5.41) is 0. The molecule has 1 aromatic rings. The molecule has 1 aromatic carbocycles. The average molecular weight is 490 g/mol. The van der Waals surface area contributed by atoms with E-state index in [9.17, 15) is 26.4 Å². The first-order valence-electron chi connectivity index (χ1n) is 11.6. The van der Waals surface area contributed by atoms with Crippen LogP contribution in [-0.4, -0.2) is 74.7 Å². The van der Waals surface area contributed by atoms with E-state index in [-0.39, 0.29) is 29.8 Å². The van der Waals surface area contributed by atoms with Gasteiger partial charge in [-0.25, -0.2) is 8.42 Å². The number of sulfonamides is 1. The van der Waals surface area contributed by atoms with Crippen molar-refractivity contribution in [1.82, 2.24) is 14.1 Å². The van der Waals surface area contributed by atoms with E-state index in [2.05, 4.69) is 11.9 Å². The van der Waals surface area contributed by atoms with Crippen LogP contribution in [0.15, 0.2) is 29.2 Å². The van der Waals surface area contributed by atoms with Gasteiger partial charge < -0.3 is 9.80 Å². The third-order valence-corrected chi connectivity index (χ3v) is 8.86. The Morgan fingerprint density at radius 2 is 1.67 bits per heavy atom. The first-order chi connectivity index (χ1) is 15.5. The number of hydrogen-bond donors (Lipinski definition) is 0. The fourth-order valence-corrected chi connectivity index (χ4v) is 6.28. The van der Waals surface area contributed by atoms with Crippen LogP contribution in [0.4, 0.5) is 13.2 Å². The summed E-state index contributed by atoms with van der Waals surface area (Å²) in [5.74, 6) is -0.272. The molecule has 1 aliphatic heterocycles. The summed E-state index contributed by atoms with van der Waals surface area (Å²) in [4.78, 5) is 16.6. The molecule has 0 bridgehead atoms. The highest BCUT2D eigenvalue weighted by atomic mass is 32.2. The Labute approximate surface area is 194 Å². The van der Waals surface area contributed by atoms with Crippen molar-refractivity contribution in [1.29, 1.82) is 0 Å². The van der Waals surface area contributed by atoms with Crippen LogP contribution in [0, 0.1) is 5.92 Å². The molecule has 2 aliphatic rings. The van der Waals surface area contributed by atoms with Crippen LogP contribution < -0.4 is 0 Å². The van der Waals surface area contributed by atoms with Gasteiger partial charge in [0.2, 0.25) is 15.9 Å². The van der Waals surface area contributed by atoms with Gasteiger partial charge in [0, 0.05) is 45.2 Å². The highest BCUT2D eigenvalue weighted by Gasteiger charge is 2.35. The van der Waals surface area contributed by atoms with Crippen molar-refractivity contribution in [2.75, 3.05) is 40.3 Å². The molecule has 1 heterocycles. The Hall–Kier alpha value is -1.65. The lowest BCUT2D eigenvalue weighted by molar-refractivity contribution is -0.138. The number of amides is 1. The van der Waals surface area contributed by atoms with Crippen LogP contribution in [-0.2, 0) is 21.0 Å². The van der Waals surface area contributed by atoms with Crippen LogP contribution in [0.1, 0.15) is 50.5 Å². The van der Waals surface area contributed by atoms with Crippen LogP contribution in [0.5, 0.6) is 0 Å². The zero-order valence-corrected chi connectivity index (χ0v) is 20.2. The van der Waals surface area contributed by atoms with Gasteiger partial charge in [-0.15, -0.1) is 0 Å². The molecule has 0 spiro atoms. The third kappa shape index (κ3) is 6.48. The molecule has 33 heavy (non-hydrogen) atoms. The number of halogens is 3. The molecule has 186 valence electrons. The highest BCUT2D eigenvalue weighted by molar-refractivity contribution is 7.89. The monoisotopic (exact) mass is 489 g/mol. The van der Waals surface area contributed by atoms with Crippen molar-refractivity contribution in [3.8, 4) is 0 Å². The zero-order valence-electron chi connectivity index (χ0n) is 19.4. The molecule has 1 aliphatic carbocycles. The minimum Gasteiger partial charge on any atom is -0.344 e. The summed E-state index contributed by atoms with van der Waals surface area (Å²) < 4.78 is 65.8. The van der Waals surface area contributed by atoms with Crippen molar-refractivity contribution in [2.45, 2.75) is 62.1 Å². The van der Waals surface area contributed by atoms with Gasteiger partial charge in [0.15, 0.2) is 0 Å². The number of rotatable bonds is 7. The number of carbonyl (C=O) groups excluding carboxylic acids is 1. The molecule has 6 nitrogen and oxygen atoms in total. The Balaban J connectivity index is 1.52. The Kier molecular flexibility index (Phi) is 8.45. The molecule has 0 radical (unpaired) electrons. The van der Waals surface area contributed by atoms with Crippen molar-refractivity contribution in [3.05, 3.63) is 29.8 Å². The quantitative estimate of drug-likeness (QED) is 0.584. The number of nitrogens with zero attached hydrogens (tertiary/aromatic N) is 3. The molecule has 1 saturated carbocycles. The number of hydrogen-bond acceptors (Lipinski definition) is 4. The molecule has 0 aromatic heterocycles. The zero-order chi connectivity index (χ0) is 24.2. The standard InChI is InChI=1S/C23H34F3N3O3S/c1-27(20-8-4-3-5-9-20)15-16-28(2)22(30)18-11-13-29(14-12-18)33(31,32)21-10-6-7-19(17-21)23(24,25)26/h6-7,10,17-18,20H,3-5,8-9,11-16H2,1-2H3. The maximum Gasteiger partial charge on any atom is 0.416 e. The second kappa shape index (κ2) is 10.7. The van der Waals surface area contributed by atoms with E-state index in [4.69, 9.17) is 0 Å². The van der Waals surface area contributed by atoms with E-state index in [1.807, 2.05) is 0 Å². The fraction of sp³-hybridized carbons (Fsp3) is 0.696. The molecule has 10 heteroatoms. The van der Waals surface area contributed by atoms with Crippen LogP contribution in [0.25, 0.3) is 0 Å². The van der Waals surface area contributed by atoms with E-state index in [1.54, 1.807) is 11.9 Å². The topological polar surface area (TPSA) is 60.9 Å². The van der Waals surface area contributed by atoms with Gasteiger partial charge in [0.1, 0.15) is 0 Å². The number of alkyl halides is 3. The predicted octanol–water partition coefficient (Wildman–Crippen LogP) is 3.83. The van der Waals surface area contributed by atoms with E-state index in [0.29, 0.717) is 31.5 Å². The lowest BCUT2D eigenvalue weighted by Crippen LogP contribution is -2.45. The second-order valence-electron chi connectivity index (χ2n) is 9.24. The maximum absolute atomic E-state index is 13.0. The molecular formula is C23H34F3N3O3S. The Morgan fingerprint density at radius 3 is 2.27 bits per heavy atom. The molecule has 0 N–H and O–H groups in total. The molecule has 1 saturated heterocycles. The van der Waals surface area contributed by atoms with Gasteiger partial charge in [0.25, 0.3) is 0 Å². The summed E-state index contributed by atoms with van der Waals surface area (Å²) in [6, 6.07) is 4.38. The van der Waals surface area contributed by atoms with Crippen molar-refractivity contribution < 1.29 is 26.4 Å². The highest BCUT2D eigenvalue weighted by Crippen LogP contribution is 2.32. The molecule has 3 rings (SSSR count). The second-order valence-corrected chi connectivity index (χ2v) is 11.2. The van der Waals surface area contributed by atoms with E-state index >= 15 is 0 Å². The number of benzene rings is 1. The maximum atomic E-state index is 13.0. The molecule has 1 amide bonds. The van der Waals surface area contributed by atoms with E-state index < -0.39 is 21.8 Å². The van der Waals surface area contributed by atoms with Gasteiger partial charge in [-0.2, -0.15) is 17.5 Å². The minimum atomic E-state index is -4.61. The van der Waals surface area contributed by atoms with Gasteiger partial charge in [-0.1, -0.05) is 25.3 Å². The van der Waals surface area contributed by atoms with Crippen LogP contribution in [0.3, 0.4) is 0 Å². The number of likely N-dealkylation sites (N-methyl/N-ethyl adjacent to an activating group) is 2. The first-order valence-corrected chi connectivity index (χ1v) is 13.1. The summed E-state index contributed by atoms with van der Waals surface area (Å²) in [6.07, 6.45) is 2.32. The average Bonchev–Trinajstić information content (AvgIpc) is 2.82. The normalized spacial score (nSPS) is 19.7. The van der Waals surface area contributed by atoms with Gasteiger partial charge in [-0.05, 0) is 50.9 Å². The summed E-state index contributed by atoms with van der Waals surface area (Å²) in [7, 11) is -0.163. The minimum absolute atomic E-state index is 0.00293. The molecule has 2 fully saturated rings. The van der Waals surface area contributed by atoms with Crippen LogP contribution >= 0.6 is 0 Å². The largest absolute Gasteiger partial charge is 0.416 e. The summed E-state index contributed by atoms with van der Waals surface area (Å²) >= 11 is 0. The molecular weight excluding hydrogens is 455 g/mol. The fourth-order valence-electron chi connectivity index (χ4n) is 4.76. The van der Waals surface area contributed by atoms with Gasteiger partial charge >= 0.3 is 6.18 Å². The van der Waals surface area contributed by atoms with Crippen molar-refractivity contribution in [3.63, 3.8) is 0 Å². The van der Waals surface area contributed by atoms with Crippen molar-refractivity contribution in [2.24, 2.45) is 5.92 Å². The predicted molar refractivity (Wildman–Crippen MR) is 120 cm³/mol. The molecule has 0 unspecified atom stereocenters. The first kappa shape index (κ1) is 26.0. The van der Waals surface area contributed by atoms with Crippen molar-refractivity contribution >= 4 is 15.9 Å². The van der Waals surface area contributed by atoms with Gasteiger partial charge in [-0.3, -0.25) is 4.79 Å².